The molecular weight excluding hydrogens is 611 g/mol. The number of hydrogen-bond donors (Lipinski definition) is 2. The van der Waals surface area contributed by atoms with Gasteiger partial charge in [-0.05, 0) is 52.9 Å². The summed E-state index contributed by atoms with van der Waals surface area (Å²) in [4.78, 5) is 22.9. The molecule has 0 atom stereocenters. The van der Waals surface area contributed by atoms with Gasteiger partial charge in [0.1, 0.15) is 0 Å². The number of aryl methyl sites for hydroxylation is 1. The molecule has 8 nitrogen and oxygen atoms in total. The predicted octanol–water partition coefficient (Wildman–Crippen LogP) is 5.34. The Morgan fingerprint density at radius 1 is 0.892 bits per heavy atom. The van der Waals surface area contributed by atoms with Gasteiger partial charge < -0.3 is 20.9 Å². The smallest absolute Gasteiger partial charge is 0.339 e. The predicted molar refractivity (Wildman–Crippen MR) is 138 cm³/mol. The van der Waals surface area contributed by atoms with Gasteiger partial charge in [0, 0.05) is 58.7 Å². The Bertz CT molecular complexity index is 1320. The molecule has 2 aromatic carbocycles. The van der Waals surface area contributed by atoms with Crippen LogP contribution in [0.1, 0.15) is 45.7 Å². The summed E-state index contributed by atoms with van der Waals surface area (Å²) >= 11 is 1.73. The van der Waals surface area contributed by atoms with E-state index in [1.807, 2.05) is 0 Å². The summed E-state index contributed by atoms with van der Waals surface area (Å²) in [6.45, 7) is 1.56. The standard InChI is InChI=1S/C14H15F2N3O2.C10H10F2INO2/c1-14(15,16)10-7-11(17)9(13(20)21-3)6-8(10)12-4-5-18-19(12)2;1-10(11,12)6-4-8(14)5(3-7(6)13)9(15)16-2/h4-7H,17H2,1-3H3;3-4H,14H2,1-2H3. The number of carbonyl (C=O) groups is 2. The Kier molecular flexibility index (Phi) is 9.17. The molecule has 0 aliphatic rings. The molecule has 0 aliphatic heterocycles. The summed E-state index contributed by atoms with van der Waals surface area (Å²) < 4.78 is 64.8. The molecule has 13 heteroatoms. The first-order chi connectivity index (χ1) is 17.0. The lowest BCUT2D eigenvalue weighted by Crippen LogP contribution is -2.14. The minimum absolute atomic E-state index is 0.0104. The number of hydrogen-bond acceptors (Lipinski definition) is 7. The highest BCUT2D eigenvalue weighted by Crippen LogP contribution is 2.38. The normalized spacial score (nSPS) is 11.4. The molecule has 1 heterocycles. The van der Waals surface area contributed by atoms with Gasteiger partial charge in [0.05, 0.1) is 31.0 Å². The first-order valence-electron chi connectivity index (χ1n) is 10.5. The largest absolute Gasteiger partial charge is 0.465 e. The lowest BCUT2D eigenvalue weighted by molar-refractivity contribution is 0.0163. The lowest BCUT2D eigenvalue weighted by Gasteiger charge is -2.18. The Morgan fingerprint density at radius 3 is 1.76 bits per heavy atom. The topological polar surface area (TPSA) is 122 Å². The molecule has 0 saturated carbocycles. The number of benzene rings is 2. The van der Waals surface area contributed by atoms with E-state index in [0.29, 0.717) is 5.69 Å². The zero-order valence-electron chi connectivity index (χ0n) is 20.5. The van der Waals surface area contributed by atoms with Gasteiger partial charge in [-0.2, -0.15) is 5.10 Å². The number of aromatic nitrogens is 2. The number of rotatable bonds is 5. The SMILES string of the molecule is COC(=O)c1cc(-c2ccnn2C)c(C(C)(F)F)cc1N.COC(=O)c1cc(I)c(C(C)(F)F)cc1N. The number of carbonyl (C=O) groups excluding carboxylic acids is 2. The number of alkyl halides is 4. The third-order valence-electron chi connectivity index (χ3n) is 5.18. The van der Waals surface area contributed by atoms with Gasteiger partial charge in [-0.3, -0.25) is 4.68 Å². The number of nitrogens with zero attached hydrogens (tertiary/aromatic N) is 2. The number of halogens is 5. The van der Waals surface area contributed by atoms with Crippen molar-refractivity contribution in [1.82, 2.24) is 9.78 Å². The highest BCUT2D eigenvalue weighted by Gasteiger charge is 2.31. The van der Waals surface area contributed by atoms with Gasteiger partial charge in [-0.1, -0.05) is 0 Å². The molecule has 0 unspecified atom stereocenters. The molecular formula is C24H25F4IN4O4. The fraction of sp³-hybridized carbons (Fsp3) is 0.292. The third-order valence-corrected chi connectivity index (χ3v) is 6.07. The van der Waals surface area contributed by atoms with E-state index < -0.39 is 23.8 Å². The number of nitrogens with two attached hydrogens (primary N) is 2. The maximum atomic E-state index is 13.8. The van der Waals surface area contributed by atoms with Gasteiger partial charge in [0.25, 0.3) is 11.8 Å². The van der Waals surface area contributed by atoms with Crippen LogP contribution in [0.15, 0.2) is 36.5 Å². The quantitative estimate of drug-likeness (QED) is 0.168. The molecule has 200 valence electrons. The molecule has 0 fully saturated rings. The zero-order chi connectivity index (χ0) is 28.3. The molecule has 0 amide bonds. The zero-order valence-corrected chi connectivity index (χ0v) is 22.7. The van der Waals surface area contributed by atoms with E-state index in [2.05, 4.69) is 14.6 Å². The monoisotopic (exact) mass is 636 g/mol. The van der Waals surface area contributed by atoms with Crippen molar-refractivity contribution >= 4 is 45.9 Å². The molecule has 0 aliphatic carbocycles. The van der Waals surface area contributed by atoms with E-state index in [4.69, 9.17) is 11.5 Å². The highest BCUT2D eigenvalue weighted by atomic mass is 127. The summed E-state index contributed by atoms with van der Waals surface area (Å²) in [7, 11) is 4.03. The number of nitrogen functional groups attached to an aromatic ring is 2. The summed E-state index contributed by atoms with van der Waals surface area (Å²) in [6, 6.07) is 6.41. The van der Waals surface area contributed by atoms with Crippen LogP contribution in [0.4, 0.5) is 28.9 Å². The Hall–Kier alpha value is -3.36. The van der Waals surface area contributed by atoms with E-state index in [1.54, 1.807) is 35.7 Å². The number of esters is 2. The molecule has 0 bridgehead atoms. The molecule has 0 spiro atoms. The maximum absolute atomic E-state index is 13.8. The van der Waals surface area contributed by atoms with Crippen LogP contribution in [0.2, 0.25) is 0 Å². The first-order valence-corrected chi connectivity index (χ1v) is 11.5. The van der Waals surface area contributed by atoms with Crippen LogP contribution in [-0.4, -0.2) is 35.9 Å². The second-order valence-electron chi connectivity index (χ2n) is 8.00. The fourth-order valence-corrected chi connectivity index (χ4v) is 4.27. The van der Waals surface area contributed by atoms with E-state index in [1.165, 1.54) is 37.2 Å². The second-order valence-corrected chi connectivity index (χ2v) is 9.17. The van der Waals surface area contributed by atoms with Crippen LogP contribution in [0, 0.1) is 3.57 Å². The van der Waals surface area contributed by atoms with E-state index in [0.717, 1.165) is 26.0 Å². The highest BCUT2D eigenvalue weighted by molar-refractivity contribution is 14.1. The molecule has 3 aromatic rings. The summed E-state index contributed by atoms with van der Waals surface area (Å²) in [5.41, 5.74) is 11.5. The van der Waals surface area contributed by atoms with Crippen molar-refractivity contribution in [3.05, 3.63) is 62.4 Å². The lowest BCUT2D eigenvalue weighted by atomic mass is 9.96. The van der Waals surface area contributed by atoms with Crippen molar-refractivity contribution in [2.45, 2.75) is 25.7 Å². The number of ether oxygens (including phenoxy) is 2. The van der Waals surface area contributed by atoms with E-state index >= 15 is 0 Å². The molecule has 4 N–H and O–H groups in total. The van der Waals surface area contributed by atoms with Crippen molar-refractivity contribution < 1.29 is 36.6 Å². The van der Waals surface area contributed by atoms with Gasteiger partial charge in [0.2, 0.25) is 0 Å². The Labute approximate surface area is 224 Å². The molecule has 0 saturated heterocycles. The van der Waals surface area contributed by atoms with Crippen molar-refractivity contribution in [3.63, 3.8) is 0 Å². The van der Waals surface area contributed by atoms with Crippen molar-refractivity contribution in [2.75, 3.05) is 25.7 Å². The van der Waals surface area contributed by atoms with Crippen LogP contribution in [0.25, 0.3) is 11.3 Å². The van der Waals surface area contributed by atoms with Gasteiger partial charge >= 0.3 is 11.9 Å². The molecule has 37 heavy (non-hydrogen) atoms. The van der Waals surface area contributed by atoms with Crippen LogP contribution in [-0.2, 0) is 28.4 Å². The molecule has 3 rings (SSSR count). The summed E-state index contributed by atoms with van der Waals surface area (Å²) in [5.74, 6) is -7.41. The summed E-state index contributed by atoms with van der Waals surface area (Å²) in [6.07, 6.45) is 1.49. The minimum atomic E-state index is -3.11. The van der Waals surface area contributed by atoms with Crippen LogP contribution in [0.5, 0.6) is 0 Å². The minimum Gasteiger partial charge on any atom is -0.465 e. The van der Waals surface area contributed by atoms with Gasteiger partial charge in [0.15, 0.2) is 0 Å². The second kappa shape index (κ2) is 11.4. The van der Waals surface area contributed by atoms with Crippen molar-refractivity contribution in [1.29, 1.82) is 0 Å². The average molecular weight is 636 g/mol. The fourth-order valence-electron chi connectivity index (χ4n) is 3.33. The molecule has 0 radical (unpaired) electrons. The average Bonchev–Trinajstić information content (AvgIpc) is 3.23. The third kappa shape index (κ3) is 6.90. The van der Waals surface area contributed by atoms with Crippen molar-refractivity contribution in [3.8, 4) is 11.3 Å². The first kappa shape index (κ1) is 29.9. The van der Waals surface area contributed by atoms with Crippen LogP contribution in [0.3, 0.4) is 0 Å². The van der Waals surface area contributed by atoms with Crippen LogP contribution < -0.4 is 11.5 Å². The van der Waals surface area contributed by atoms with Crippen molar-refractivity contribution in [2.24, 2.45) is 7.05 Å². The Morgan fingerprint density at radius 2 is 1.35 bits per heavy atom. The number of methoxy groups -OCH3 is 2. The molecule has 1 aromatic heterocycles. The maximum Gasteiger partial charge on any atom is 0.339 e. The van der Waals surface area contributed by atoms with Crippen LogP contribution >= 0.6 is 22.6 Å². The van der Waals surface area contributed by atoms with Gasteiger partial charge in [-0.25, -0.2) is 27.2 Å². The Balaban J connectivity index is 0.000000271. The summed E-state index contributed by atoms with van der Waals surface area (Å²) in [5, 5.41) is 3.96. The van der Waals surface area contributed by atoms with Gasteiger partial charge in [-0.15, -0.1) is 0 Å². The van der Waals surface area contributed by atoms with E-state index in [-0.39, 0.29) is 42.8 Å². The number of anilines is 2. The van der Waals surface area contributed by atoms with E-state index in [9.17, 15) is 27.2 Å².